The average molecular weight is 365 g/mol. The van der Waals surface area contributed by atoms with Gasteiger partial charge in [-0.1, -0.05) is 23.7 Å². The standard InChI is InChI=1S/C17H18ClN3O4/c1-20(10-12-4-3-5-13(18)8-12)11-17(22)19-15-7-6-14(21(23)24)9-16(15)25-2/h3-9H,10-11H2,1-2H3,(H,19,22)/p+1. The lowest BCUT2D eigenvalue weighted by atomic mass is 10.2. The number of likely N-dealkylation sites (N-methyl/N-ethyl adjacent to an activating group) is 1. The van der Waals surface area contributed by atoms with Crippen molar-refractivity contribution in [1.82, 2.24) is 0 Å². The quantitative estimate of drug-likeness (QED) is 0.580. The molecule has 7 nitrogen and oxygen atoms in total. The summed E-state index contributed by atoms with van der Waals surface area (Å²) in [5, 5.41) is 14.2. The number of methoxy groups -OCH3 is 1. The molecule has 0 saturated heterocycles. The molecule has 0 radical (unpaired) electrons. The van der Waals surface area contributed by atoms with Gasteiger partial charge in [0.2, 0.25) is 0 Å². The van der Waals surface area contributed by atoms with Gasteiger partial charge < -0.3 is 15.0 Å². The van der Waals surface area contributed by atoms with E-state index in [1.165, 1.54) is 25.3 Å². The van der Waals surface area contributed by atoms with Gasteiger partial charge >= 0.3 is 0 Å². The minimum absolute atomic E-state index is 0.0986. The maximum absolute atomic E-state index is 12.2. The molecule has 0 aliphatic rings. The number of rotatable bonds is 7. The summed E-state index contributed by atoms with van der Waals surface area (Å²) in [6, 6.07) is 11.5. The first kappa shape index (κ1) is 18.7. The van der Waals surface area contributed by atoms with Gasteiger partial charge in [0, 0.05) is 16.7 Å². The zero-order valence-corrected chi connectivity index (χ0v) is 14.7. The van der Waals surface area contributed by atoms with Gasteiger partial charge in [0.1, 0.15) is 12.3 Å². The fourth-order valence-corrected chi connectivity index (χ4v) is 2.64. The normalized spacial score (nSPS) is 11.6. The first-order chi connectivity index (χ1) is 11.9. The second kappa shape index (κ2) is 8.46. The molecule has 0 aromatic heterocycles. The summed E-state index contributed by atoms with van der Waals surface area (Å²) in [7, 11) is 3.29. The molecule has 0 fully saturated rings. The first-order valence-corrected chi connectivity index (χ1v) is 7.95. The number of carbonyl (C=O) groups excluding carboxylic acids is 1. The summed E-state index contributed by atoms with van der Waals surface area (Å²) in [4.78, 5) is 23.5. The van der Waals surface area contributed by atoms with E-state index in [9.17, 15) is 14.9 Å². The van der Waals surface area contributed by atoms with Crippen LogP contribution in [0.1, 0.15) is 5.56 Å². The number of nitro benzene ring substituents is 1. The molecule has 8 heteroatoms. The lowest BCUT2D eigenvalue weighted by molar-refractivity contribution is -0.885. The number of hydrogen-bond acceptors (Lipinski definition) is 4. The molecule has 0 heterocycles. The molecule has 2 aromatic carbocycles. The van der Waals surface area contributed by atoms with Crippen LogP contribution in [0.25, 0.3) is 0 Å². The van der Waals surface area contributed by atoms with Crippen molar-refractivity contribution in [1.29, 1.82) is 0 Å². The largest absolute Gasteiger partial charge is 0.494 e. The number of nitrogens with zero attached hydrogens (tertiary/aromatic N) is 1. The second-order valence-corrected chi connectivity index (χ2v) is 6.07. The number of carbonyl (C=O) groups is 1. The predicted molar refractivity (Wildman–Crippen MR) is 95.2 cm³/mol. The Bertz CT molecular complexity index is 782. The number of non-ortho nitro benzene ring substituents is 1. The molecule has 0 bridgehead atoms. The Hall–Kier alpha value is -2.64. The van der Waals surface area contributed by atoms with Crippen LogP contribution in [-0.4, -0.2) is 31.5 Å². The van der Waals surface area contributed by atoms with E-state index in [-0.39, 0.29) is 23.9 Å². The molecule has 2 N–H and O–H groups in total. The van der Waals surface area contributed by atoms with Gasteiger partial charge in [-0.25, -0.2) is 0 Å². The van der Waals surface area contributed by atoms with Gasteiger partial charge in [-0.3, -0.25) is 14.9 Å². The van der Waals surface area contributed by atoms with Crippen molar-refractivity contribution in [3.63, 3.8) is 0 Å². The van der Waals surface area contributed by atoms with Crippen LogP contribution in [0.4, 0.5) is 11.4 Å². The van der Waals surface area contributed by atoms with E-state index in [1.54, 1.807) is 6.07 Å². The van der Waals surface area contributed by atoms with Crippen molar-refractivity contribution < 1.29 is 19.4 Å². The van der Waals surface area contributed by atoms with E-state index >= 15 is 0 Å². The lowest BCUT2D eigenvalue weighted by Gasteiger charge is -2.15. The summed E-state index contributed by atoms with van der Waals surface area (Å²) in [6.07, 6.45) is 0. The van der Waals surface area contributed by atoms with Gasteiger partial charge in [-0.2, -0.15) is 0 Å². The fraction of sp³-hybridized carbons (Fsp3) is 0.235. The Labute approximate surface area is 150 Å². The van der Waals surface area contributed by atoms with Gasteiger partial charge in [0.15, 0.2) is 6.54 Å². The highest BCUT2D eigenvalue weighted by molar-refractivity contribution is 6.30. The van der Waals surface area contributed by atoms with Crippen LogP contribution in [0.2, 0.25) is 5.02 Å². The van der Waals surface area contributed by atoms with Crippen molar-refractivity contribution in [3.8, 4) is 5.75 Å². The van der Waals surface area contributed by atoms with Crippen LogP contribution in [0, 0.1) is 10.1 Å². The Morgan fingerprint density at radius 1 is 1.32 bits per heavy atom. The minimum Gasteiger partial charge on any atom is -0.494 e. The Balaban J connectivity index is 1.98. The number of halogens is 1. The minimum atomic E-state index is -0.517. The summed E-state index contributed by atoms with van der Waals surface area (Å²) >= 11 is 5.96. The Morgan fingerprint density at radius 3 is 2.72 bits per heavy atom. The summed E-state index contributed by atoms with van der Waals surface area (Å²) in [5.74, 6) is 0.0294. The van der Waals surface area contributed by atoms with Crippen LogP contribution < -0.4 is 15.0 Å². The molecule has 2 aromatic rings. The van der Waals surface area contributed by atoms with Crippen LogP contribution in [-0.2, 0) is 11.3 Å². The summed E-state index contributed by atoms with van der Waals surface area (Å²) in [6.45, 7) is 0.873. The lowest BCUT2D eigenvalue weighted by Crippen LogP contribution is -3.08. The molecule has 0 aliphatic heterocycles. The fourth-order valence-electron chi connectivity index (χ4n) is 2.42. The number of nitrogens with one attached hydrogen (secondary N) is 2. The number of nitro groups is 1. The molecule has 0 saturated carbocycles. The summed E-state index contributed by atoms with van der Waals surface area (Å²) < 4.78 is 5.11. The van der Waals surface area contributed by atoms with Crippen LogP contribution in [0.5, 0.6) is 5.75 Å². The number of benzene rings is 2. The van der Waals surface area contributed by atoms with Crippen molar-refractivity contribution in [3.05, 3.63) is 63.2 Å². The molecule has 1 amide bonds. The Kier molecular flexibility index (Phi) is 6.32. The van der Waals surface area contributed by atoms with E-state index in [1.807, 2.05) is 25.2 Å². The van der Waals surface area contributed by atoms with Crippen molar-refractivity contribution >= 4 is 28.9 Å². The molecule has 0 aliphatic carbocycles. The van der Waals surface area contributed by atoms with Crippen molar-refractivity contribution in [2.24, 2.45) is 0 Å². The highest BCUT2D eigenvalue weighted by Crippen LogP contribution is 2.28. The number of quaternary nitrogens is 1. The van der Waals surface area contributed by atoms with E-state index in [0.29, 0.717) is 17.3 Å². The second-order valence-electron chi connectivity index (χ2n) is 5.63. The molecule has 1 unspecified atom stereocenters. The third kappa shape index (κ3) is 5.44. The topological polar surface area (TPSA) is 85.9 Å². The smallest absolute Gasteiger partial charge is 0.279 e. The van der Waals surface area contributed by atoms with Gasteiger partial charge in [0.05, 0.1) is 30.8 Å². The molecule has 1 atom stereocenters. The zero-order valence-electron chi connectivity index (χ0n) is 13.9. The SMILES string of the molecule is COc1cc([N+](=O)[O-])ccc1NC(=O)C[NH+](C)Cc1cccc(Cl)c1. The predicted octanol–water partition coefficient (Wildman–Crippen LogP) is 1.91. The Morgan fingerprint density at radius 2 is 2.08 bits per heavy atom. The summed E-state index contributed by atoms with van der Waals surface area (Å²) in [5.41, 5.74) is 1.33. The monoisotopic (exact) mass is 364 g/mol. The third-order valence-electron chi connectivity index (χ3n) is 3.53. The molecule has 25 heavy (non-hydrogen) atoms. The van der Waals surface area contributed by atoms with Crippen LogP contribution >= 0.6 is 11.6 Å². The van der Waals surface area contributed by atoms with Crippen LogP contribution in [0.3, 0.4) is 0 Å². The third-order valence-corrected chi connectivity index (χ3v) is 3.76. The zero-order chi connectivity index (χ0) is 18.4. The molecular formula is C17H19ClN3O4+. The number of anilines is 1. The van der Waals surface area contributed by atoms with E-state index in [4.69, 9.17) is 16.3 Å². The highest BCUT2D eigenvalue weighted by Gasteiger charge is 2.16. The number of amides is 1. The number of hydrogen-bond donors (Lipinski definition) is 2. The highest BCUT2D eigenvalue weighted by atomic mass is 35.5. The molecule has 2 rings (SSSR count). The first-order valence-electron chi connectivity index (χ1n) is 7.57. The molecular weight excluding hydrogens is 346 g/mol. The van der Waals surface area contributed by atoms with Gasteiger partial charge in [-0.05, 0) is 18.2 Å². The maximum atomic E-state index is 12.2. The number of ether oxygens (including phenoxy) is 1. The van der Waals surface area contributed by atoms with E-state index < -0.39 is 4.92 Å². The van der Waals surface area contributed by atoms with E-state index in [2.05, 4.69) is 5.32 Å². The molecule has 132 valence electrons. The van der Waals surface area contributed by atoms with Gasteiger partial charge in [-0.15, -0.1) is 0 Å². The maximum Gasteiger partial charge on any atom is 0.279 e. The van der Waals surface area contributed by atoms with Crippen LogP contribution in [0.15, 0.2) is 42.5 Å². The van der Waals surface area contributed by atoms with Gasteiger partial charge in [0.25, 0.3) is 11.6 Å². The van der Waals surface area contributed by atoms with Crippen molar-refractivity contribution in [2.75, 3.05) is 26.0 Å². The van der Waals surface area contributed by atoms with Crippen molar-refractivity contribution in [2.45, 2.75) is 6.54 Å². The molecule has 0 spiro atoms. The van der Waals surface area contributed by atoms with E-state index in [0.717, 1.165) is 10.5 Å². The average Bonchev–Trinajstić information content (AvgIpc) is 2.54.